The Morgan fingerprint density at radius 3 is 2.58 bits per heavy atom. The predicted molar refractivity (Wildman–Crippen MR) is 101 cm³/mol. The molecule has 1 amide bonds. The number of hydrogen-bond donors (Lipinski definition) is 1. The molecule has 1 N–H and O–H groups in total. The van der Waals surface area contributed by atoms with E-state index in [2.05, 4.69) is 26.9 Å². The fourth-order valence-electron chi connectivity index (χ4n) is 3.92. The van der Waals surface area contributed by atoms with Gasteiger partial charge in [-0.25, -0.2) is 4.39 Å². The van der Waals surface area contributed by atoms with Crippen molar-refractivity contribution in [2.75, 3.05) is 52.4 Å². The molecular formula is C20H31FN4O. The van der Waals surface area contributed by atoms with Gasteiger partial charge in [0.25, 0.3) is 0 Å². The molecule has 2 saturated heterocycles. The summed E-state index contributed by atoms with van der Waals surface area (Å²) in [6.07, 6.45) is 2.04. The maximum absolute atomic E-state index is 13.9. The third kappa shape index (κ3) is 5.50. The van der Waals surface area contributed by atoms with Gasteiger partial charge in [0.1, 0.15) is 5.82 Å². The molecule has 0 saturated carbocycles. The third-order valence-electron chi connectivity index (χ3n) is 5.50. The molecule has 0 radical (unpaired) electrons. The van der Waals surface area contributed by atoms with E-state index in [-0.39, 0.29) is 17.8 Å². The number of carbonyl (C=O) groups is 1. The number of rotatable bonds is 6. The van der Waals surface area contributed by atoms with E-state index in [0.717, 1.165) is 64.2 Å². The van der Waals surface area contributed by atoms with Crippen LogP contribution in [0, 0.1) is 5.82 Å². The number of likely N-dealkylation sites (tertiary alicyclic amines) is 1. The number of piperazine rings is 1. The van der Waals surface area contributed by atoms with Crippen LogP contribution >= 0.6 is 0 Å². The van der Waals surface area contributed by atoms with Crippen LogP contribution in [0.2, 0.25) is 0 Å². The van der Waals surface area contributed by atoms with Crippen LogP contribution in [0.15, 0.2) is 24.3 Å². The molecule has 6 heteroatoms. The highest BCUT2D eigenvalue weighted by molar-refractivity contribution is 5.78. The first-order valence-corrected chi connectivity index (χ1v) is 9.84. The minimum absolute atomic E-state index is 0.118. The maximum atomic E-state index is 13.9. The van der Waals surface area contributed by atoms with E-state index in [4.69, 9.17) is 0 Å². The first-order valence-electron chi connectivity index (χ1n) is 9.84. The topological polar surface area (TPSA) is 38.8 Å². The second kappa shape index (κ2) is 9.44. The molecule has 144 valence electrons. The van der Waals surface area contributed by atoms with Crippen LogP contribution in [0.1, 0.15) is 25.3 Å². The molecule has 0 aromatic heterocycles. The van der Waals surface area contributed by atoms with E-state index in [1.165, 1.54) is 6.07 Å². The van der Waals surface area contributed by atoms with Crippen molar-refractivity contribution < 1.29 is 9.18 Å². The number of hydrogen-bond acceptors (Lipinski definition) is 4. The van der Waals surface area contributed by atoms with E-state index in [9.17, 15) is 9.18 Å². The third-order valence-corrected chi connectivity index (χ3v) is 5.50. The molecule has 2 aliphatic heterocycles. The number of nitrogens with one attached hydrogen (secondary N) is 1. The lowest BCUT2D eigenvalue weighted by molar-refractivity contribution is -0.123. The summed E-state index contributed by atoms with van der Waals surface area (Å²) < 4.78 is 13.9. The highest BCUT2D eigenvalue weighted by atomic mass is 19.1. The zero-order chi connectivity index (χ0) is 18.4. The number of amides is 1. The lowest BCUT2D eigenvalue weighted by Gasteiger charge is -2.35. The molecular weight excluding hydrogens is 331 g/mol. The summed E-state index contributed by atoms with van der Waals surface area (Å²) in [5, 5.41) is 3.19. The number of likely N-dealkylation sites (N-methyl/N-ethyl adjacent to an activating group) is 1. The minimum atomic E-state index is -0.148. The second-order valence-corrected chi connectivity index (χ2v) is 7.44. The zero-order valence-electron chi connectivity index (χ0n) is 15.8. The van der Waals surface area contributed by atoms with Crippen molar-refractivity contribution in [3.05, 3.63) is 35.6 Å². The molecule has 2 heterocycles. The first-order chi connectivity index (χ1) is 12.6. The summed E-state index contributed by atoms with van der Waals surface area (Å²) in [7, 11) is 0. The van der Waals surface area contributed by atoms with Crippen LogP contribution in [0.5, 0.6) is 0 Å². The summed E-state index contributed by atoms with van der Waals surface area (Å²) in [4.78, 5) is 19.3. The molecule has 1 aromatic carbocycles. The maximum Gasteiger partial charge on any atom is 0.234 e. The molecule has 0 bridgehead atoms. The SMILES string of the molecule is CCN1CCN(CC(=O)NC2CCCN(Cc3ccccc3F)C2)CC1. The number of piperidine rings is 1. The van der Waals surface area contributed by atoms with E-state index >= 15 is 0 Å². The summed E-state index contributed by atoms with van der Waals surface area (Å²) in [5.41, 5.74) is 0.730. The van der Waals surface area contributed by atoms with Crippen molar-refractivity contribution in [2.24, 2.45) is 0 Å². The fourth-order valence-corrected chi connectivity index (χ4v) is 3.92. The molecule has 5 nitrogen and oxygen atoms in total. The van der Waals surface area contributed by atoms with Crippen molar-refractivity contribution in [1.82, 2.24) is 20.0 Å². The highest BCUT2D eigenvalue weighted by Crippen LogP contribution is 2.16. The van der Waals surface area contributed by atoms with Gasteiger partial charge in [0.2, 0.25) is 5.91 Å². The second-order valence-electron chi connectivity index (χ2n) is 7.44. The molecule has 0 aliphatic carbocycles. The summed E-state index contributed by atoms with van der Waals surface area (Å²) in [5.74, 6) is -0.0300. The first kappa shape index (κ1) is 19.3. The van der Waals surface area contributed by atoms with Gasteiger partial charge in [-0.3, -0.25) is 14.6 Å². The van der Waals surface area contributed by atoms with Crippen LogP contribution in [0.4, 0.5) is 4.39 Å². The van der Waals surface area contributed by atoms with Gasteiger partial charge in [-0.05, 0) is 32.0 Å². The minimum Gasteiger partial charge on any atom is -0.351 e. The molecule has 1 aromatic rings. The Morgan fingerprint density at radius 1 is 1.12 bits per heavy atom. The van der Waals surface area contributed by atoms with Crippen molar-refractivity contribution in [3.8, 4) is 0 Å². The Labute approximate surface area is 156 Å². The molecule has 0 spiro atoms. The predicted octanol–water partition coefficient (Wildman–Crippen LogP) is 1.54. The Morgan fingerprint density at radius 2 is 1.85 bits per heavy atom. The van der Waals surface area contributed by atoms with Gasteiger partial charge < -0.3 is 10.2 Å². The highest BCUT2D eigenvalue weighted by Gasteiger charge is 2.24. The Balaban J connectivity index is 1.43. The largest absolute Gasteiger partial charge is 0.351 e. The van der Waals surface area contributed by atoms with Crippen LogP contribution in [-0.4, -0.2) is 79.0 Å². The average molecular weight is 362 g/mol. The van der Waals surface area contributed by atoms with Gasteiger partial charge in [0.15, 0.2) is 0 Å². The number of benzene rings is 1. The lowest BCUT2D eigenvalue weighted by atomic mass is 10.0. The zero-order valence-corrected chi connectivity index (χ0v) is 15.8. The molecule has 3 rings (SSSR count). The van der Waals surface area contributed by atoms with E-state index in [0.29, 0.717) is 13.1 Å². The van der Waals surface area contributed by atoms with E-state index < -0.39 is 0 Å². The standard InChI is InChI=1S/C20H31FN4O/c1-2-23-10-12-24(13-11-23)16-20(26)22-18-7-5-9-25(15-18)14-17-6-3-4-8-19(17)21/h3-4,6,8,18H,2,5,7,9-16H2,1H3,(H,22,26). The van der Waals surface area contributed by atoms with E-state index in [1.54, 1.807) is 6.07 Å². The molecule has 26 heavy (non-hydrogen) atoms. The van der Waals surface area contributed by atoms with Gasteiger partial charge in [0, 0.05) is 50.9 Å². The summed E-state index contributed by atoms with van der Waals surface area (Å²) in [6.45, 7) is 10.1. The smallest absolute Gasteiger partial charge is 0.234 e. The molecule has 2 fully saturated rings. The van der Waals surface area contributed by atoms with E-state index in [1.807, 2.05) is 12.1 Å². The van der Waals surface area contributed by atoms with Gasteiger partial charge >= 0.3 is 0 Å². The fraction of sp³-hybridized carbons (Fsp3) is 0.650. The number of halogens is 1. The van der Waals surface area contributed by atoms with Crippen LogP contribution < -0.4 is 5.32 Å². The monoisotopic (exact) mass is 362 g/mol. The Kier molecular flexibility index (Phi) is 7.00. The van der Waals surface area contributed by atoms with Crippen LogP contribution in [-0.2, 0) is 11.3 Å². The normalized spacial score (nSPS) is 23.1. The van der Waals surface area contributed by atoms with Crippen molar-refractivity contribution in [2.45, 2.75) is 32.4 Å². The van der Waals surface area contributed by atoms with Crippen molar-refractivity contribution >= 4 is 5.91 Å². The quantitative estimate of drug-likeness (QED) is 0.833. The van der Waals surface area contributed by atoms with Gasteiger partial charge in [-0.2, -0.15) is 0 Å². The molecule has 1 atom stereocenters. The van der Waals surface area contributed by atoms with Crippen molar-refractivity contribution in [3.63, 3.8) is 0 Å². The van der Waals surface area contributed by atoms with Crippen LogP contribution in [0.3, 0.4) is 0 Å². The van der Waals surface area contributed by atoms with Gasteiger partial charge in [0.05, 0.1) is 6.54 Å². The summed E-state index contributed by atoms with van der Waals surface area (Å²) >= 11 is 0. The van der Waals surface area contributed by atoms with Gasteiger partial charge in [-0.1, -0.05) is 25.1 Å². The Hall–Kier alpha value is -1.50. The number of carbonyl (C=O) groups excluding carboxylic acids is 1. The molecule has 1 unspecified atom stereocenters. The average Bonchev–Trinajstić information content (AvgIpc) is 2.64. The van der Waals surface area contributed by atoms with Crippen LogP contribution in [0.25, 0.3) is 0 Å². The van der Waals surface area contributed by atoms with Crippen molar-refractivity contribution in [1.29, 1.82) is 0 Å². The Bertz CT molecular complexity index is 589. The molecule has 2 aliphatic rings. The number of nitrogens with zero attached hydrogens (tertiary/aromatic N) is 3. The van der Waals surface area contributed by atoms with Gasteiger partial charge in [-0.15, -0.1) is 0 Å². The summed E-state index contributed by atoms with van der Waals surface area (Å²) in [6, 6.07) is 7.11. The lowest BCUT2D eigenvalue weighted by Crippen LogP contribution is -2.52.